The number of carbonyl (C=O) groups excluding carboxylic acids is 1. The number of nitrogens with zero attached hydrogens (tertiary/aromatic N) is 5. The van der Waals surface area contributed by atoms with E-state index in [4.69, 9.17) is 4.74 Å². The Hall–Kier alpha value is -3.52. The lowest BCUT2D eigenvalue weighted by Gasteiger charge is -2.19. The van der Waals surface area contributed by atoms with Crippen LogP contribution in [0.5, 0.6) is 5.88 Å². The summed E-state index contributed by atoms with van der Waals surface area (Å²) in [5, 5.41) is 9.26. The van der Waals surface area contributed by atoms with E-state index in [1.54, 1.807) is 6.07 Å². The molecular formula is C16H9F8N5O2. The van der Waals surface area contributed by atoms with Crippen molar-refractivity contribution in [3.05, 3.63) is 53.3 Å². The lowest BCUT2D eigenvalue weighted by atomic mass is 10.1. The predicted octanol–water partition coefficient (Wildman–Crippen LogP) is 3.89. The van der Waals surface area contributed by atoms with Crippen molar-refractivity contribution in [1.29, 1.82) is 0 Å². The number of benzene rings is 1. The zero-order valence-corrected chi connectivity index (χ0v) is 15.0. The first kappa shape index (κ1) is 22.2. The Labute approximate surface area is 166 Å². The van der Waals surface area contributed by atoms with Gasteiger partial charge in [-0.2, -0.15) is 44.9 Å². The highest BCUT2D eigenvalue weighted by Crippen LogP contribution is 2.49. The maximum atomic E-state index is 13.7. The van der Waals surface area contributed by atoms with Crippen LogP contribution in [-0.2, 0) is 19.1 Å². The van der Waals surface area contributed by atoms with Crippen LogP contribution in [0.25, 0.3) is 5.82 Å². The Morgan fingerprint density at radius 1 is 1.00 bits per heavy atom. The SMILES string of the molecule is Cn1nc(C(F)(F)C(F)(F)F)c(C(F)(F)F)c1-n1cc(OC(=O)c2ccccc2)nn1. The number of aromatic nitrogens is 5. The highest BCUT2D eigenvalue weighted by atomic mass is 19.4. The van der Waals surface area contributed by atoms with Gasteiger partial charge in [-0.1, -0.05) is 28.5 Å². The van der Waals surface area contributed by atoms with Crippen LogP contribution in [0.2, 0.25) is 0 Å². The minimum Gasteiger partial charge on any atom is -0.400 e. The Kier molecular flexibility index (Phi) is 5.23. The van der Waals surface area contributed by atoms with E-state index in [0.717, 1.165) is 0 Å². The van der Waals surface area contributed by atoms with E-state index in [9.17, 15) is 39.9 Å². The number of ether oxygens (including phenoxy) is 1. The summed E-state index contributed by atoms with van der Waals surface area (Å²) in [6, 6.07) is 7.33. The van der Waals surface area contributed by atoms with Crippen molar-refractivity contribution >= 4 is 5.97 Å². The van der Waals surface area contributed by atoms with Crippen LogP contribution in [0.3, 0.4) is 0 Å². The normalized spacial score (nSPS) is 12.8. The van der Waals surface area contributed by atoms with E-state index in [0.29, 0.717) is 13.2 Å². The molecular weight excluding hydrogens is 446 g/mol. The zero-order valence-electron chi connectivity index (χ0n) is 15.0. The quantitative estimate of drug-likeness (QED) is 0.441. The minimum atomic E-state index is -6.34. The topological polar surface area (TPSA) is 74.8 Å². The molecule has 2 heterocycles. The van der Waals surface area contributed by atoms with Crippen molar-refractivity contribution in [1.82, 2.24) is 24.8 Å². The third kappa shape index (κ3) is 4.06. The fraction of sp³-hybridized carbons (Fsp3) is 0.250. The highest BCUT2D eigenvalue weighted by Gasteiger charge is 2.64. The Balaban J connectivity index is 2.05. The molecule has 0 saturated carbocycles. The molecule has 0 aliphatic carbocycles. The summed E-state index contributed by atoms with van der Waals surface area (Å²) in [5.74, 6) is -8.79. The number of alkyl halides is 8. The van der Waals surface area contributed by atoms with Crippen molar-refractivity contribution in [2.45, 2.75) is 18.3 Å². The standard InChI is InChI=1S/C16H9F8N5O2/c1-28-12(10(15(19,20)21)11(26-28)14(17,18)16(22,23)24)29-7-9(25-27-29)31-13(30)8-5-3-2-4-6-8/h2-7H,1H3. The lowest BCUT2D eigenvalue weighted by molar-refractivity contribution is -0.292. The molecule has 1 aromatic carbocycles. The minimum absolute atomic E-state index is 0.0562. The van der Waals surface area contributed by atoms with E-state index in [-0.39, 0.29) is 14.9 Å². The Bertz CT molecular complexity index is 1100. The molecule has 0 radical (unpaired) electrons. The summed E-state index contributed by atoms with van der Waals surface area (Å²) in [6.07, 6.45) is -11.4. The first-order chi connectivity index (χ1) is 14.2. The summed E-state index contributed by atoms with van der Waals surface area (Å²) in [5.41, 5.74) is -4.87. The van der Waals surface area contributed by atoms with Crippen LogP contribution in [0.1, 0.15) is 21.6 Å². The molecule has 0 spiro atoms. The van der Waals surface area contributed by atoms with Crippen LogP contribution < -0.4 is 4.74 Å². The van der Waals surface area contributed by atoms with Gasteiger partial charge < -0.3 is 4.74 Å². The summed E-state index contributed by atoms with van der Waals surface area (Å²) >= 11 is 0. The van der Waals surface area contributed by atoms with Crippen LogP contribution in [0.4, 0.5) is 35.1 Å². The fourth-order valence-electron chi connectivity index (χ4n) is 2.52. The molecule has 3 aromatic rings. The summed E-state index contributed by atoms with van der Waals surface area (Å²) in [7, 11) is 0.706. The van der Waals surface area contributed by atoms with Crippen molar-refractivity contribution in [2.24, 2.45) is 7.05 Å². The molecule has 166 valence electrons. The summed E-state index contributed by atoms with van der Waals surface area (Å²) in [6.45, 7) is 0. The molecule has 0 saturated heterocycles. The molecule has 3 rings (SSSR count). The van der Waals surface area contributed by atoms with Crippen LogP contribution in [0.15, 0.2) is 36.5 Å². The van der Waals surface area contributed by atoms with Gasteiger partial charge >= 0.3 is 24.2 Å². The van der Waals surface area contributed by atoms with Crippen molar-refractivity contribution in [3.8, 4) is 11.7 Å². The summed E-state index contributed by atoms with van der Waals surface area (Å²) in [4.78, 5) is 12.0. The molecule has 7 nitrogen and oxygen atoms in total. The van der Waals surface area contributed by atoms with Crippen LogP contribution in [0, 0.1) is 0 Å². The number of rotatable bonds is 4. The molecule has 0 unspecified atom stereocenters. The van der Waals surface area contributed by atoms with Gasteiger partial charge in [0.25, 0.3) is 5.88 Å². The Morgan fingerprint density at radius 2 is 1.61 bits per heavy atom. The number of aryl methyl sites for hydroxylation is 1. The van der Waals surface area contributed by atoms with Gasteiger partial charge in [-0.15, -0.1) is 0 Å². The molecule has 15 heteroatoms. The maximum Gasteiger partial charge on any atom is 0.459 e. The molecule has 0 amide bonds. The van der Waals surface area contributed by atoms with E-state index in [2.05, 4.69) is 15.4 Å². The average Bonchev–Trinajstić information content (AvgIpc) is 3.25. The molecule has 2 aromatic heterocycles. The first-order valence-electron chi connectivity index (χ1n) is 8.02. The first-order valence-corrected chi connectivity index (χ1v) is 8.02. The van der Waals surface area contributed by atoms with Gasteiger partial charge in [0.2, 0.25) is 0 Å². The van der Waals surface area contributed by atoms with Crippen LogP contribution in [-0.4, -0.2) is 36.9 Å². The van der Waals surface area contributed by atoms with Gasteiger partial charge in [-0.25, -0.2) is 9.48 Å². The molecule has 0 N–H and O–H groups in total. The Morgan fingerprint density at radius 3 is 2.16 bits per heavy atom. The monoisotopic (exact) mass is 455 g/mol. The van der Waals surface area contributed by atoms with Gasteiger partial charge in [0.15, 0.2) is 11.5 Å². The third-order valence-electron chi connectivity index (χ3n) is 3.85. The second-order valence-electron chi connectivity index (χ2n) is 6.00. The molecule has 0 atom stereocenters. The van der Waals surface area contributed by atoms with E-state index in [1.165, 1.54) is 24.3 Å². The second-order valence-corrected chi connectivity index (χ2v) is 6.00. The predicted molar refractivity (Wildman–Crippen MR) is 84.5 cm³/mol. The van der Waals surface area contributed by atoms with Gasteiger partial charge in [0.1, 0.15) is 5.56 Å². The number of carbonyl (C=O) groups is 1. The fourth-order valence-corrected chi connectivity index (χ4v) is 2.52. The molecule has 31 heavy (non-hydrogen) atoms. The van der Waals surface area contributed by atoms with Gasteiger partial charge in [0, 0.05) is 7.05 Å². The molecule has 0 aliphatic heterocycles. The summed E-state index contributed by atoms with van der Waals surface area (Å²) < 4.78 is 111. The molecule has 0 aliphatic rings. The third-order valence-corrected chi connectivity index (χ3v) is 3.85. The number of esters is 1. The number of halogens is 8. The van der Waals surface area contributed by atoms with Crippen molar-refractivity contribution in [2.75, 3.05) is 0 Å². The van der Waals surface area contributed by atoms with Crippen LogP contribution >= 0.6 is 0 Å². The number of hydrogen-bond donors (Lipinski definition) is 0. The highest BCUT2D eigenvalue weighted by molar-refractivity contribution is 5.90. The van der Waals surface area contributed by atoms with E-state index >= 15 is 0 Å². The van der Waals surface area contributed by atoms with Gasteiger partial charge in [-0.3, -0.25) is 0 Å². The van der Waals surface area contributed by atoms with Crippen molar-refractivity contribution < 1.29 is 44.7 Å². The average molecular weight is 455 g/mol. The zero-order chi connectivity index (χ0) is 23.2. The van der Waals surface area contributed by atoms with E-state index < -0.39 is 47.2 Å². The molecule has 0 fully saturated rings. The number of hydrogen-bond acceptors (Lipinski definition) is 5. The second kappa shape index (κ2) is 7.31. The lowest BCUT2D eigenvalue weighted by Crippen LogP contribution is -2.36. The van der Waals surface area contributed by atoms with Crippen molar-refractivity contribution in [3.63, 3.8) is 0 Å². The smallest absolute Gasteiger partial charge is 0.400 e. The maximum absolute atomic E-state index is 13.7. The largest absolute Gasteiger partial charge is 0.459 e. The van der Waals surface area contributed by atoms with E-state index in [1.807, 2.05) is 0 Å². The van der Waals surface area contributed by atoms with Gasteiger partial charge in [-0.05, 0) is 12.1 Å². The molecule has 0 bridgehead atoms. The van der Waals surface area contributed by atoms with Gasteiger partial charge in [0.05, 0.1) is 11.8 Å².